The highest BCUT2D eigenvalue weighted by Gasteiger charge is 2.28. The van der Waals surface area contributed by atoms with Crippen LogP contribution >= 0.6 is 0 Å². The first kappa shape index (κ1) is 63.6. The number of esters is 3. The Morgan fingerprint density at radius 2 is 0.500 bits per heavy atom. The highest BCUT2D eigenvalue weighted by Crippen LogP contribution is 2.17. The van der Waals surface area contributed by atoms with E-state index in [0.29, 0.717) is 19.8 Å². The smallest absolute Gasteiger partial charge is 0.310 e. The van der Waals surface area contributed by atoms with Gasteiger partial charge in [-0.15, -0.1) is 0 Å². The van der Waals surface area contributed by atoms with Crippen LogP contribution in [0.25, 0.3) is 0 Å². The number of carbonyl (C=O) groups excluding carboxylic acids is 3. The summed E-state index contributed by atoms with van der Waals surface area (Å²) in [5.74, 6) is -2.25. The molecular formula is C60H110O6. The molecule has 6 heteroatoms. The fraction of sp³-hybridized carbons (Fsp3) is 0.850. The van der Waals surface area contributed by atoms with Crippen molar-refractivity contribution in [2.24, 2.45) is 5.92 Å². The number of rotatable bonds is 53. The summed E-state index contributed by atoms with van der Waals surface area (Å²) in [7, 11) is 0. The number of hydrogen-bond acceptors (Lipinski definition) is 6. The van der Waals surface area contributed by atoms with Gasteiger partial charge in [-0.05, 0) is 96.3 Å². The maximum atomic E-state index is 13.2. The van der Waals surface area contributed by atoms with Crippen molar-refractivity contribution in [2.45, 2.75) is 303 Å². The van der Waals surface area contributed by atoms with E-state index in [4.69, 9.17) is 14.2 Å². The largest absolute Gasteiger partial charge is 0.466 e. The van der Waals surface area contributed by atoms with E-state index >= 15 is 0 Å². The van der Waals surface area contributed by atoms with Gasteiger partial charge in [0.25, 0.3) is 0 Å². The van der Waals surface area contributed by atoms with Crippen LogP contribution in [0, 0.1) is 5.92 Å². The minimum atomic E-state index is -0.876. The zero-order chi connectivity index (χ0) is 47.9. The van der Waals surface area contributed by atoms with Gasteiger partial charge in [-0.2, -0.15) is 0 Å². The summed E-state index contributed by atoms with van der Waals surface area (Å²) in [5.41, 5.74) is 0. The minimum Gasteiger partial charge on any atom is -0.466 e. The molecule has 0 aliphatic carbocycles. The second kappa shape index (κ2) is 55.2. The third-order valence-corrected chi connectivity index (χ3v) is 12.9. The third-order valence-electron chi connectivity index (χ3n) is 12.9. The molecule has 0 fully saturated rings. The van der Waals surface area contributed by atoms with E-state index in [2.05, 4.69) is 57.2 Å². The van der Waals surface area contributed by atoms with E-state index in [-0.39, 0.29) is 12.8 Å². The van der Waals surface area contributed by atoms with Crippen molar-refractivity contribution in [1.29, 1.82) is 0 Å². The molecule has 386 valence electrons. The van der Waals surface area contributed by atoms with E-state index in [1.807, 2.05) is 0 Å². The van der Waals surface area contributed by atoms with Crippen LogP contribution in [0.1, 0.15) is 303 Å². The van der Waals surface area contributed by atoms with Gasteiger partial charge in [0.15, 0.2) is 0 Å². The van der Waals surface area contributed by atoms with Crippen LogP contribution in [0.15, 0.2) is 36.5 Å². The van der Waals surface area contributed by atoms with Crippen molar-refractivity contribution in [2.75, 3.05) is 19.8 Å². The molecule has 0 spiro atoms. The average molecular weight is 928 g/mol. The quantitative estimate of drug-likeness (QED) is 0.0262. The van der Waals surface area contributed by atoms with Gasteiger partial charge in [0, 0.05) is 0 Å². The van der Waals surface area contributed by atoms with Crippen LogP contribution in [0.2, 0.25) is 0 Å². The molecule has 6 nitrogen and oxygen atoms in total. The summed E-state index contributed by atoms with van der Waals surface area (Å²) in [6.07, 6.45) is 65.2. The maximum absolute atomic E-state index is 13.2. The van der Waals surface area contributed by atoms with Gasteiger partial charge >= 0.3 is 17.9 Å². The lowest BCUT2D eigenvalue weighted by atomic mass is 10.0. The monoisotopic (exact) mass is 927 g/mol. The molecule has 0 atom stereocenters. The van der Waals surface area contributed by atoms with Crippen LogP contribution in [0.5, 0.6) is 0 Å². The van der Waals surface area contributed by atoms with Crippen molar-refractivity contribution >= 4 is 17.9 Å². The van der Waals surface area contributed by atoms with Gasteiger partial charge in [0.2, 0.25) is 0 Å². The highest BCUT2D eigenvalue weighted by molar-refractivity contribution is 5.84. The first-order valence-corrected chi connectivity index (χ1v) is 29.0. The Hall–Kier alpha value is -2.37. The molecule has 0 radical (unpaired) electrons. The lowest BCUT2D eigenvalue weighted by molar-refractivity contribution is -0.159. The van der Waals surface area contributed by atoms with Crippen LogP contribution in [-0.4, -0.2) is 37.7 Å². The maximum Gasteiger partial charge on any atom is 0.310 e. The minimum absolute atomic E-state index is 0.151. The van der Waals surface area contributed by atoms with Crippen molar-refractivity contribution in [3.05, 3.63) is 36.5 Å². The summed E-state index contributed by atoms with van der Waals surface area (Å²) >= 11 is 0. The molecule has 0 rings (SSSR count). The van der Waals surface area contributed by atoms with Crippen LogP contribution in [-0.2, 0) is 28.6 Å². The first-order valence-electron chi connectivity index (χ1n) is 29.0. The summed E-state index contributed by atoms with van der Waals surface area (Å²) in [6, 6.07) is 0. The number of ether oxygens (including phenoxy) is 3. The van der Waals surface area contributed by atoms with E-state index in [1.54, 1.807) is 0 Å². The molecule has 0 aliphatic heterocycles. The van der Waals surface area contributed by atoms with Crippen molar-refractivity contribution in [3.63, 3.8) is 0 Å². The molecule has 0 saturated carbocycles. The zero-order valence-corrected chi connectivity index (χ0v) is 44.2. The summed E-state index contributed by atoms with van der Waals surface area (Å²) < 4.78 is 16.7. The fourth-order valence-electron chi connectivity index (χ4n) is 8.47. The summed E-state index contributed by atoms with van der Waals surface area (Å²) in [6.45, 7) is 7.80. The second-order valence-corrected chi connectivity index (χ2v) is 19.5. The van der Waals surface area contributed by atoms with Gasteiger partial charge in [-0.3, -0.25) is 14.4 Å². The van der Waals surface area contributed by atoms with Crippen molar-refractivity contribution < 1.29 is 28.6 Å². The molecule has 0 aliphatic rings. The topological polar surface area (TPSA) is 78.9 Å². The molecule has 66 heavy (non-hydrogen) atoms. The first-order chi connectivity index (χ1) is 32.5. The van der Waals surface area contributed by atoms with Crippen molar-refractivity contribution in [3.8, 4) is 0 Å². The Balaban J connectivity index is 4.39. The Morgan fingerprint density at radius 3 is 0.758 bits per heavy atom. The van der Waals surface area contributed by atoms with Crippen molar-refractivity contribution in [1.82, 2.24) is 0 Å². The molecule has 0 N–H and O–H groups in total. The molecule has 0 aromatic carbocycles. The zero-order valence-electron chi connectivity index (χ0n) is 44.2. The molecule has 0 saturated heterocycles. The van der Waals surface area contributed by atoms with Gasteiger partial charge in [-0.25, -0.2) is 0 Å². The van der Waals surface area contributed by atoms with Crippen LogP contribution in [0.4, 0.5) is 0 Å². The molecule has 0 amide bonds. The standard InChI is InChI=1S/C60H110O6/c1-4-7-10-13-16-19-22-25-28-31-34-37-40-43-46-49-52-64-58(61)55-57(60(63)66-54-51-48-45-42-39-36-33-30-27-24-21-18-15-12-9-6-3)56-59(62)65-53-50-47-44-41-38-35-32-29-26-23-20-17-14-11-8-5-2/h25-30,57H,4-24,31-56H2,1-3H3. The average Bonchev–Trinajstić information content (AvgIpc) is 3.31. The molecule has 0 aromatic heterocycles. The molecule has 0 heterocycles. The molecule has 0 aromatic rings. The predicted molar refractivity (Wildman–Crippen MR) is 284 cm³/mol. The van der Waals surface area contributed by atoms with E-state index in [0.717, 1.165) is 64.2 Å². The Morgan fingerprint density at radius 1 is 0.288 bits per heavy atom. The normalized spacial score (nSPS) is 12.2. The molecular weight excluding hydrogens is 817 g/mol. The van der Waals surface area contributed by atoms with E-state index < -0.39 is 23.8 Å². The van der Waals surface area contributed by atoms with Crippen LogP contribution < -0.4 is 0 Å². The second-order valence-electron chi connectivity index (χ2n) is 19.5. The summed E-state index contributed by atoms with van der Waals surface area (Å²) in [5, 5.41) is 0. The number of unbranched alkanes of at least 4 members (excludes halogenated alkanes) is 36. The van der Waals surface area contributed by atoms with Crippen LogP contribution in [0.3, 0.4) is 0 Å². The SMILES string of the molecule is CCCCCCCCC=CCCCCCCCCOC(=O)CC(CC(=O)OCCCCCCCCC=CCCCCCCCC)C(=O)OCCCCCCCCC=CCCCCCCCC. The third kappa shape index (κ3) is 51.0. The Labute approximate surface area is 410 Å². The van der Waals surface area contributed by atoms with Gasteiger partial charge in [0.1, 0.15) is 0 Å². The lowest BCUT2D eigenvalue weighted by Gasteiger charge is -2.15. The van der Waals surface area contributed by atoms with E-state index in [1.165, 1.54) is 205 Å². The number of carbonyl (C=O) groups is 3. The van der Waals surface area contributed by atoms with Gasteiger partial charge in [-0.1, -0.05) is 231 Å². The summed E-state index contributed by atoms with van der Waals surface area (Å²) in [4.78, 5) is 38.9. The molecule has 0 bridgehead atoms. The Bertz CT molecular complexity index is 1050. The van der Waals surface area contributed by atoms with Gasteiger partial charge < -0.3 is 14.2 Å². The van der Waals surface area contributed by atoms with E-state index in [9.17, 15) is 14.4 Å². The fourth-order valence-corrected chi connectivity index (χ4v) is 8.47. The molecule has 0 unspecified atom stereocenters. The number of hydrogen-bond donors (Lipinski definition) is 0. The number of allylic oxidation sites excluding steroid dienone is 6. The predicted octanol–water partition coefficient (Wildman–Crippen LogP) is 19.1. The highest BCUT2D eigenvalue weighted by atomic mass is 16.5. The Kier molecular flexibility index (Phi) is 53.2. The lowest BCUT2D eigenvalue weighted by Crippen LogP contribution is -2.26. The van der Waals surface area contributed by atoms with Gasteiger partial charge in [0.05, 0.1) is 38.6 Å².